The van der Waals surface area contributed by atoms with Gasteiger partial charge in [0.2, 0.25) is 5.75 Å². The molecule has 2 aromatic rings. The van der Waals surface area contributed by atoms with E-state index in [0.717, 1.165) is 30.9 Å². The summed E-state index contributed by atoms with van der Waals surface area (Å²) in [6.45, 7) is 4.95. The Kier molecular flexibility index (Phi) is 7.18. The topological polar surface area (TPSA) is 58.6 Å². The van der Waals surface area contributed by atoms with Crippen LogP contribution in [0, 0.1) is 0 Å². The molecule has 1 aliphatic rings. The molecule has 1 heterocycles. The number of ether oxygens (including phenoxy) is 3. The minimum Gasteiger partial charge on any atom is -0.493 e. The Balaban J connectivity index is 1.73. The molecule has 0 saturated heterocycles. The van der Waals surface area contributed by atoms with Crippen molar-refractivity contribution in [3.05, 3.63) is 47.0 Å². The minimum atomic E-state index is -0.189. The predicted octanol–water partition coefficient (Wildman–Crippen LogP) is 3.42. The normalized spacial score (nSPS) is 15.1. The lowest BCUT2D eigenvalue weighted by Crippen LogP contribution is -2.38. The highest BCUT2D eigenvalue weighted by atomic mass is 16.5. The van der Waals surface area contributed by atoms with Crippen LogP contribution in [0.1, 0.15) is 23.6 Å². The van der Waals surface area contributed by atoms with Crippen LogP contribution in [0.5, 0.6) is 17.2 Å². The van der Waals surface area contributed by atoms with E-state index in [4.69, 9.17) is 14.2 Å². The van der Waals surface area contributed by atoms with Crippen molar-refractivity contribution in [1.82, 2.24) is 9.80 Å². The van der Waals surface area contributed by atoms with Crippen molar-refractivity contribution in [1.29, 1.82) is 0 Å². The summed E-state index contributed by atoms with van der Waals surface area (Å²) in [5.74, 6) is 1.79. The summed E-state index contributed by atoms with van der Waals surface area (Å²) in [6.07, 6.45) is 1.64. The second-order valence-corrected chi connectivity index (χ2v) is 7.46. The van der Waals surface area contributed by atoms with Crippen LogP contribution in [-0.4, -0.2) is 64.3 Å². The second-order valence-electron chi connectivity index (χ2n) is 7.46. The van der Waals surface area contributed by atoms with Gasteiger partial charge in [-0.2, -0.15) is 0 Å². The van der Waals surface area contributed by atoms with Gasteiger partial charge in [0.25, 0.3) is 0 Å². The maximum atomic E-state index is 5.56. The van der Waals surface area contributed by atoms with Crippen LogP contribution in [-0.2, 0) is 13.1 Å². The van der Waals surface area contributed by atoms with Crippen molar-refractivity contribution in [3.63, 3.8) is 0 Å². The summed E-state index contributed by atoms with van der Waals surface area (Å²) in [7, 11) is 9.02. The molecule has 1 atom stereocenters. The van der Waals surface area contributed by atoms with Crippen molar-refractivity contribution < 1.29 is 14.2 Å². The Morgan fingerprint density at radius 1 is 0.933 bits per heavy atom. The SMILES string of the molecule is CCN(C)Cc1ccc(CN(C)C2N=Cc3c(cc(OC)c(OC)c3OC)N2)cc1. The van der Waals surface area contributed by atoms with Crippen LogP contribution in [0.3, 0.4) is 0 Å². The molecule has 2 aromatic carbocycles. The highest BCUT2D eigenvalue weighted by molar-refractivity contribution is 5.95. The molecule has 0 aliphatic carbocycles. The third-order valence-electron chi connectivity index (χ3n) is 5.36. The molecule has 1 unspecified atom stereocenters. The van der Waals surface area contributed by atoms with E-state index in [1.807, 2.05) is 12.3 Å². The first-order valence-corrected chi connectivity index (χ1v) is 10.1. The van der Waals surface area contributed by atoms with Crippen molar-refractivity contribution >= 4 is 11.9 Å². The average Bonchev–Trinajstić information content (AvgIpc) is 2.78. The highest BCUT2D eigenvalue weighted by Gasteiger charge is 2.25. The van der Waals surface area contributed by atoms with E-state index < -0.39 is 0 Å². The maximum Gasteiger partial charge on any atom is 0.204 e. The molecule has 3 rings (SSSR count). The summed E-state index contributed by atoms with van der Waals surface area (Å²) in [6, 6.07) is 10.7. The minimum absolute atomic E-state index is 0.189. The van der Waals surface area contributed by atoms with Crippen molar-refractivity contribution in [2.45, 2.75) is 26.3 Å². The highest BCUT2D eigenvalue weighted by Crippen LogP contribution is 2.44. The molecule has 0 radical (unpaired) electrons. The lowest BCUT2D eigenvalue weighted by molar-refractivity contribution is 0.263. The summed E-state index contributed by atoms with van der Waals surface area (Å²) in [5, 5.41) is 3.47. The first-order valence-electron chi connectivity index (χ1n) is 10.1. The quantitative estimate of drug-likeness (QED) is 0.681. The van der Waals surface area contributed by atoms with Gasteiger partial charge in [-0.15, -0.1) is 0 Å². The smallest absolute Gasteiger partial charge is 0.204 e. The average molecular weight is 413 g/mol. The lowest BCUT2D eigenvalue weighted by Gasteiger charge is -2.30. The Bertz CT molecular complexity index is 883. The molecule has 0 fully saturated rings. The van der Waals surface area contributed by atoms with Crippen molar-refractivity contribution in [2.75, 3.05) is 47.3 Å². The number of benzene rings is 2. The zero-order chi connectivity index (χ0) is 21.7. The van der Waals surface area contributed by atoms with E-state index in [1.54, 1.807) is 21.3 Å². The molecular weight excluding hydrogens is 380 g/mol. The molecule has 1 N–H and O–H groups in total. The number of nitrogens with zero attached hydrogens (tertiary/aromatic N) is 3. The van der Waals surface area contributed by atoms with Gasteiger partial charge in [-0.25, -0.2) is 0 Å². The number of methoxy groups -OCH3 is 3. The van der Waals surface area contributed by atoms with Gasteiger partial charge in [-0.1, -0.05) is 31.2 Å². The van der Waals surface area contributed by atoms with Gasteiger partial charge in [0.05, 0.1) is 32.6 Å². The predicted molar refractivity (Wildman–Crippen MR) is 121 cm³/mol. The monoisotopic (exact) mass is 412 g/mol. The zero-order valence-corrected chi connectivity index (χ0v) is 18.7. The van der Waals surface area contributed by atoms with Crippen LogP contribution >= 0.6 is 0 Å². The molecule has 162 valence electrons. The van der Waals surface area contributed by atoms with E-state index in [0.29, 0.717) is 17.2 Å². The fraction of sp³-hybridized carbons (Fsp3) is 0.435. The van der Waals surface area contributed by atoms with E-state index in [9.17, 15) is 0 Å². The van der Waals surface area contributed by atoms with Gasteiger partial charge < -0.3 is 24.4 Å². The van der Waals surface area contributed by atoms with Crippen LogP contribution in [0.25, 0.3) is 0 Å². The van der Waals surface area contributed by atoms with Gasteiger partial charge >= 0.3 is 0 Å². The molecule has 0 saturated carbocycles. The van der Waals surface area contributed by atoms with Crippen molar-refractivity contribution in [2.24, 2.45) is 4.99 Å². The van der Waals surface area contributed by atoms with Crippen LogP contribution < -0.4 is 19.5 Å². The fourth-order valence-corrected chi connectivity index (χ4v) is 3.52. The van der Waals surface area contributed by atoms with E-state index in [2.05, 4.69) is 65.4 Å². The van der Waals surface area contributed by atoms with Gasteiger partial charge in [0, 0.05) is 25.4 Å². The number of hydrogen-bond acceptors (Lipinski definition) is 7. The zero-order valence-electron chi connectivity index (χ0n) is 18.7. The fourth-order valence-electron chi connectivity index (χ4n) is 3.52. The number of anilines is 1. The molecule has 1 aliphatic heterocycles. The summed E-state index contributed by atoms with van der Waals surface area (Å²) < 4.78 is 16.5. The third kappa shape index (κ3) is 4.68. The molecule has 0 spiro atoms. The number of hydrogen-bond donors (Lipinski definition) is 1. The first kappa shape index (κ1) is 21.9. The molecule has 7 heteroatoms. The van der Waals surface area contributed by atoms with Gasteiger partial charge in [0.15, 0.2) is 17.8 Å². The van der Waals surface area contributed by atoms with Crippen LogP contribution in [0.15, 0.2) is 35.3 Å². The Labute approximate surface area is 179 Å². The molecule has 30 heavy (non-hydrogen) atoms. The Morgan fingerprint density at radius 3 is 2.13 bits per heavy atom. The maximum absolute atomic E-state index is 5.56. The largest absolute Gasteiger partial charge is 0.493 e. The third-order valence-corrected chi connectivity index (χ3v) is 5.36. The molecule has 0 aromatic heterocycles. The number of rotatable bonds is 9. The summed E-state index contributed by atoms with van der Waals surface area (Å²) in [4.78, 5) is 9.13. The molecule has 0 amide bonds. The van der Waals surface area contributed by atoms with Crippen LogP contribution in [0.2, 0.25) is 0 Å². The number of nitrogens with one attached hydrogen (secondary N) is 1. The standard InChI is InChI=1S/C23H32N4O3/c1-7-26(2)14-16-8-10-17(11-9-16)15-27(3)23-24-13-18-19(25-23)12-20(28-4)22(30-6)21(18)29-5/h8-13,23,25H,7,14-15H2,1-6H3. The van der Waals surface area contributed by atoms with Gasteiger partial charge in [-0.3, -0.25) is 9.89 Å². The van der Waals surface area contributed by atoms with Crippen molar-refractivity contribution in [3.8, 4) is 17.2 Å². The van der Waals surface area contributed by atoms with E-state index in [-0.39, 0.29) is 6.29 Å². The van der Waals surface area contributed by atoms with Crippen LogP contribution in [0.4, 0.5) is 5.69 Å². The number of fused-ring (bicyclic) bond motifs is 1. The second kappa shape index (κ2) is 9.82. The lowest BCUT2D eigenvalue weighted by atomic mass is 10.1. The Morgan fingerprint density at radius 2 is 1.57 bits per heavy atom. The van der Waals surface area contributed by atoms with E-state index >= 15 is 0 Å². The first-order chi connectivity index (χ1) is 14.5. The summed E-state index contributed by atoms with van der Waals surface area (Å²) >= 11 is 0. The van der Waals surface area contributed by atoms with Gasteiger partial charge in [0.1, 0.15) is 0 Å². The summed E-state index contributed by atoms with van der Waals surface area (Å²) in [5.41, 5.74) is 4.31. The Hall–Kier alpha value is -2.77. The molecule has 7 nitrogen and oxygen atoms in total. The molecule has 0 bridgehead atoms. The molecular formula is C23H32N4O3. The van der Waals surface area contributed by atoms with E-state index in [1.165, 1.54) is 11.1 Å². The number of aliphatic imine (C=N–C) groups is 1. The van der Waals surface area contributed by atoms with Gasteiger partial charge in [-0.05, 0) is 31.8 Å².